The molecule has 1 amide bonds. The Hall–Kier alpha value is -3.62. The van der Waals surface area contributed by atoms with E-state index in [1.807, 2.05) is 60.7 Å². The molecule has 0 saturated heterocycles. The predicted molar refractivity (Wildman–Crippen MR) is 146 cm³/mol. The van der Waals surface area contributed by atoms with Gasteiger partial charge in [0.25, 0.3) is 0 Å². The van der Waals surface area contributed by atoms with E-state index in [1.165, 1.54) is 4.90 Å². The topological polar surface area (TPSA) is 87.1 Å². The van der Waals surface area contributed by atoms with Crippen LogP contribution >= 0.6 is 31.9 Å². The van der Waals surface area contributed by atoms with Crippen molar-refractivity contribution in [3.05, 3.63) is 106 Å². The summed E-state index contributed by atoms with van der Waals surface area (Å²) in [6, 6.07) is 26.8. The third-order valence-electron chi connectivity index (χ3n) is 5.36. The first kappa shape index (κ1) is 25.5. The van der Waals surface area contributed by atoms with E-state index in [-0.39, 0.29) is 18.1 Å². The molecule has 0 atom stereocenters. The van der Waals surface area contributed by atoms with Gasteiger partial charge in [-0.15, -0.1) is 0 Å². The number of hydrogen-bond donors (Lipinski definition) is 2. The van der Waals surface area contributed by atoms with E-state index < -0.39 is 12.5 Å². The van der Waals surface area contributed by atoms with Crippen LogP contribution in [0.25, 0.3) is 11.1 Å². The largest absolute Gasteiger partial charge is 0.507 e. The molecular formula is C28H21Br2NO5. The van der Waals surface area contributed by atoms with Gasteiger partial charge in [-0.3, -0.25) is 9.59 Å². The number of halogens is 2. The highest BCUT2D eigenvalue weighted by atomic mass is 79.9. The Balaban J connectivity index is 1.62. The maximum Gasteiger partial charge on any atom is 0.323 e. The van der Waals surface area contributed by atoms with Crippen LogP contribution < -0.4 is 9.64 Å². The number of carboxylic acid groups (broad SMARTS) is 1. The number of phenolic OH excluding ortho intramolecular Hbond substituents is 1. The Labute approximate surface area is 225 Å². The number of aliphatic carboxylic acids is 1. The molecule has 0 fully saturated rings. The Morgan fingerprint density at radius 3 is 2.06 bits per heavy atom. The van der Waals surface area contributed by atoms with E-state index in [9.17, 15) is 19.8 Å². The number of nitrogens with zero attached hydrogens (tertiary/aromatic N) is 1. The Morgan fingerprint density at radius 1 is 0.833 bits per heavy atom. The van der Waals surface area contributed by atoms with E-state index in [4.69, 9.17) is 4.74 Å². The van der Waals surface area contributed by atoms with Crippen molar-refractivity contribution in [2.24, 2.45) is 0 Å². The van der Waals surface area contributed by atoms with Crippen molar-refractivity contribution >= 4 is 49.4 Å². The Morgan fingerprint density at radius 2 is 1.44 bits per heavy atom. The minimum absolute atomic E-state index is 0.0668. The molecule has 0 aromatic heterocycles. The third kappa shape index (κ3) is 6.13. The smallest absolute Gasteiger partial charge is 0.323 e. The fourth-order valence-corrected chi connectivity index (χ4v) is 4.99. The lowest BCUT2D eigenvalue weighted by Crippen LogP contribution is -2.36. The Kier molecular flexibility index (Phi) is 8.07. The van der Waals surface area contributed by atoms with Crippen LogP contribution in [-0.4, -0.2) is 28.6 Å². The number of phenols is 1. The molecule has 0 heterocycles. The van der Waals surface area contributed by atoms with Gasteiger partial charge in [-0.2, -0.15) is 0 Å². The normalized spacial score (nSPS) is 10.6. The fourth-order valence-electron chi connectivity index (χ4n) is 3.67. The number of amides is 1. The van der Waals surface area contributed by atoms with Crippen molar-refractivity contribution in [1.29, 1.82) is 0 Å². The summed E-state index contributed by atoms with van der Waals surface area (Å²) in [6.45, 7) is -0.483. The van der Waals surface area contributed by atoms with Crippen molar-refractivity contribution in [2.75, 3.05) is 11.4 Å². The summed E-state index contributed by atoms with van der Waals surface area (Å²) in [5.41, 5.74) is 2.66. The van der Waals surface area contributed by atoms with Crippen molar-refractivity contribution in [3.8, 4) is 28.4 Å². The van der Waals surface area contributed by atoms with Crippen LogP contribution in [0.4, 0.5) is 5.69 Å². The van der Waals surface area contributed by atoms with Crippen molar-refractivity contribution < 1.29 is 24.5 Å². The summed E-state index contributed by atoms with van der Waals surface area (Å²) >= 11 is 6.99. The van der Waals surface area contributed by atoms with Crippen LogP contribution in [0, 0.1) is 0 Å². The molecule has 0 aliphatic rings. The monoisotopic (exact) mass is 609 g/mol. The highest BCUT2D eigenvalue weighted by Crippen LogP contribution is 2.42. The second-order valence-electron chi connectivity index (χ2n) is 7.92. The number of ether oxygens (including phenoxy) is 1. The average Bonchev–Trinajstić information content (AvgIpc) is 2.86. The first-order valence-electron chi connectivity index (χ1n) is 10.9. The van der Waals surface area contributed by atoms with Gasteiger partial charge in [-0.05, 0) is 73.3 Å². The van der Waals surface area contributed by atoms with E-state index in [1.54, 1.807) is 30.3 Å². The molecule has 2 N–H and O–H groups in total. The molecule has 182 valence electrons. The highest BCUT2D eigenvalue weighted by Gasteiger charge is 2.22. The van der Waals surface area contributed by atoms with Gasteiger partial charge >= 0.3 is 5.97 Å². The minimum Gasteiger partial charge on any atom is -0.507 e. The first-order valence-corrected chi connectivity index (χ1v) is 12.5. The van der Waals surface area contributed by atoms with Crippen LogP contribution in [0.15, 0.2) is 99.9 Å². The summed E-state index contributed by atoms with van der Waals surface area (Å²) in [4.78, 5) is 25.8. The first-order chi connectivity index (χ1) is 17.3. The van der Waals surface area contributed by atoms with Crippen molar-refractivity contribution in [1.82, 2.24) is 0 Å². The van der Waals surface area contributed by atoms with E-state index in [2.05, 4.69) is 31.9 Å². The number of carbonyl (C=O) groups is 2. The van der Waals surface area contributed by atoms with Gasteiger partial charge in [0.05, 0.1) is 15.4 Å². The lowest BCUT2D eigenvalue weighted by Gasteiger charge is -2.23. The highest BCUT2D eigenvalue weighted by molar-refractivity contribution is 9.11. The van der Waals surface area contributed by atoms with Gasteiger partial charge in [0.1, 0.15) is 18.0 Å². The van der Waals surface area contributed by atoms with E-state index in [0.29, 0.717) is 31.7 Å². The van der Waals surface area contributed by atoms with Gasteiger partial charge in [0.15, 0.2) is 5.75 Å². The summed E-state index contributed by atoms with van der Waals surface area (Å²) in [6.07, 6.45) is 0.0668. The van der Waals surface area contributed by atoms with Crippen molar-refractivity contribution in [2.45, 2.75) is 6.42 Å². The Bertz CT molecular complexity index is 1370. The molecule has 8 heteroatoms. The number of aromatic hydroxyl groups is 1. The standard InChI is InChI=1S/C28H21Br2NO5/c29-23-14-20(31(17-27(34)35)26(33)13-18-7-3-1-4-8-18)15-24(30)28(23)36-21-11-12-25(32)22(16-21)19-9-5-2-6-10-19/h1-12,14-16,32H,13,17H2,(H,34,35). The molecule has 0 saturated carbocycles. The number of carboxylic acids is 1. The molecule has 4 aromatic rings. The van der Waals surface area contributed by atoms with Gasteiger partial charge in [-0.1, -0.05) is 60.7 Å². The summed E-state index contributed by atoms with van der Waals surface area (Å²) in [5.74, 6) is -0.413. The summed E-state index contributed by atoms with van der Waals surface area (Å²) in [7, 11) is 0. The minimum atomic E-state index is -1.12. The van der Waals surface area contributed by atoms with Crippen LogP contribution in [-0.2, 0) is 16.0 Å². The molecule has 0 radical (unpaired) electrons. The molecule has 4 aromatic carbocycles. The van der Waals surface area contributed by atoms with Gasteiger partial charge < -0.3 is 19.8 Å². The molecule has 0 aliphatic carbocycles. The third-order valence-corrected chi connectivity index (χ3v) is 6.54. The van der Waals surface area contributed by atoms with E-state index in [0.717, 1.165) is 11.1 Å². The zero-order chi connectivity index (χ0) is 25.7. The van der Waals surface area contributed by atoms with Gasteiger partial charge in [0.2, 0.25) is 5.91 Å². The molecular weight excluding hydrogens is 590 g/mol. The molecule has 6 nitrogen and oxygen atoms in total. The number of anilines is 1. The van der Waals surface area contributed by atoms with Gasteiger partial charge in [0, 0.05) is 11.3 Å². The van der Waals surface area contributed by atoms with Gasteiger partial charge in [-0.25, -0.2) is 0 Å². The zero-order valence-corrected chi connectivity index (χ0v) is 22.1. The summed E-state index contributed by atoms with van der Waals surface area (Å²) in [5, 5.41) is 19.8. The molecule has 0 bridgehead atoms. The number of carbonyl (C=O) groups excluding carboxylic acids is 1. The number of hydrogen-bond acceptors (Lipinski definition) is 4. The summed E-state index contributed by atoms with van der Waals surface area (Å²) < 4.78 is 7.14. The molecule has 36 heavy (non-hydrogen) atoms. The fraction of sp³-hybridized carbons (Fsp3) is 0.0714. The average molecular weight is 611 g/mol. The number of rotatable bonds is 8. The van der Waals surface area contributed by atoms with Crippen LogP contribution in [0.2, 0.25) is 0 Å². The lowest BCUT2D eigenvalue weighted by molar-refractivity contribution is -0.136. The lowest BCUT2D eigenvalue weighted by atomic mass is 10.0. The van der Waals surface area contributed by atoms with Crippen molar-refractivity contribution in [3.63, 3.8) is 0 Å². The number of benzene rings is 4. The second kappa shape index (κ2) is 11.4. The van der Waals surface area contributed by atoms with Crippen LogP contribution in [0.1, 0.15) is 5.56 Å². The maximum atomic E-state index is 13.0. The molecule has 0 unspecified atom stereocenters. The SMILES string of the molecule is O=C(O)CN(C(=O)Cc1ccccc1)c1cc(Br)c(Oc2ccc(O)c(-c3ccccc3)c2)c(Br)c1. The maximum absolute atomic E-state index is 13.0. The molecule has 0 aliphatic heterocycles. The van der Waals surface area contributed by atoms with E-state index >= 15 is 0 Å². The zero-order valence-electron chi connectivity index (χ0n) is 18.9. The molecule has 0 spiro atoms. The predicted octanol–water partition coefficient (Wildman–Crippen LogP) is 7.04. The quantitative estimate of drug-likeness (QED) is 0.223. The van der Waals surface area contributed by atoms with Crippen LogP contribution in [0.3, 0.4) is 0 Å². The van der Waals surface area contributed by atoms with Crippen LogP contribution in [0.5, 0.6) is 17.2 Å². The second-order valence-corrected chi connectivity index (χ2v) is 9.63. The molecule has 4 rings (SSSR count).